The highest BCUT2D eigenvalue weighted by Gasteiger charge is 2.35. The van der Waals surface area contributed by atoms with Crippen LogP contribution < -0.4 is 10.2 Å². The first-order valence-electron chi connectivity index (χ1n) is 13.0. The van der Waals surface area contributed by atoms with Gasteiger partial charge in [-0.25, -0.2) is 8.42 Å². The van der Waals surface area contributed by atoms with Gasteiger partial charge in [-0.3, -0.25) is 9.59 Å². The number of hydrogen-bond acceptors (Lipinski definition) is 5. The first kappa shape index (κ1) is 26.0. The van der Waals surface area contributed by atoms with E-state index in [0.29, 0.717) is 43.7 Å². The molecule has 0 saturated carbocycles. The molecule has 2 aliphatic heterocycles. The maximum Gasteiger partial charge on any atom is 0.231 e. The van der Waals surface area contributed by atoms with Crippen LogP contribution in [0.3, 0.4) is 0 Å². The van der Waals surface area contributed by atoms with Crippen LogP contribution in [0.5, 0.6) is 0 Å². The Hall–Kier alpha value is -3.65. The second kappa shape index (κ2) is 10.6. The van der Waals surface area contributed by atoms with Gasteiger partial charge in [0.1, 0.15) is 0 Å². The maximum absolute atomic E-state index is 13.9. The minimum atomic E-state index is -3.78. The van der Waals surface area contributed by atoms with Crippen LogP contribution in [0.25, 0.3) is 0 Å². The Balaban J connectivity index is 1.37. The zero-order chi connectivity index (χ0) is 26.9. The molecule has 3 aromatic rings. The number of amides is 2. The van der Waals surface area contributed by atoms with Crippen LogP contribution in [0.4, 0.5) is 11.4 Å². The van der Waals surface area contributed by atoms with Gasteiger partial charge in [-0.05, 0) is 61.7 Å². The molecule has 198 valence electrons. The number of aryl methyl sites for hydroxylation is 2. The molecule has 2 heterocycles. The first-order chi connectivity index (χ1) is 18.2. The lowest BCUT2D eigenvalue weighted by molar-refractivity contribution is -0.133. The summed E-state index contributed by atoms with van der Waals surface area (Å²) in [4.78, 5) is 29.9. The molecule has 38 heavy (non-hydrogen) atoms. The Morgan fingerprint density at radius 3 is 2.45 bits per heavy atom. The minimum Gasteiger partial charge on any atom is -0.365 e. The molecule has 2 unspecified atom stereocenters. The Kier molecular flexibility index (Phi) is 7.25. The molecule has 2 atom stereocenters. The van der Waals surface area contributed by atoms with Crippen molar-refractivity contribution in [1.82, 2.24) is 4.90 Å². The van der Waals surface area contributed by atoms with Crippen molar-refractivity contribution in [3.63, 3.8) is 0 Å². The van der Waals surface area contributed by atoms with Crippen molar-refractivity contribution in [2.24, 2.45) is 0 Å². The van der Waals surface area contributed by atoms with Crippen molar-refractivity contribution in [1.29, 1.82) is 0 Å². The molecule has 1 fully saturated rings. The van der Waals surface area contributed by atoms with Gasteiger partial charge in [-0.15, -0.1) is 0 Å². The van der Waals surface area contributed by atoms with E-state index in [0.717, 1.165) is 11.3 Å². The van der Waals surface area contributed by atoms with E-state index in [9.17, 15) is 18.0 Å². The highest BCUT2D eigenvalue weighted by molar-refractivity contribution is 7.91. The van der Waals surface area contributed by atoms with Crippen LogP contribution >= 0.6 is 0 Å². The number of hydrogen-bond donors (Lipinski definition) is 1. The monoisotopic (exact) mass is 531 g/mol. The molecule has 0 aliphatic carbocycles. The minimum absolute atomic E-state index is 0.0699. The Labute approximate surface area is 224 Å². The van der Waals surface area contributed by atoms with Gasteiger partial charge in [0, 0.05) is 43.5 Å². The fourth-order valence-electron chi connectivity index (χ4n) is 5.36. The third-order valence-corrected chi connectivity index (χ3v) is 9.27. The predicted molar refractivity (Wildman–Crippen MR) is 149 cm³/mol. The number of fused-ring (bicyclic) bond motifs is 1. The summed E-state index contributed by atoms with van der Waals surface area (Å²) < 4.78 is 27.2. The molecule has 5 rings (SSSR count). The van der Waals surface area contributed by atoms with Gasteiger partial charge in [0.15, 0.2) is 9.84 Å². The van der Waals surface area contributed by atoms with E-state index in [1.807, 2.05) is 35.2 Å². The molecule has 1 saturated heterocycles. The lowest BCUT2D eigenvalue weighted by Gasteiger charge is -2.42. The molecule has 2 amide bonds. The molecule has 1 N–H and O–H groups in total. The van der Waals surface area contributed by atoms with E-state index in [4.69, 9.17) is 0 Å². The summed E-state index contributed by atoms with van der Waals surface area (Å²) in [6.45, 7) is 5.89. The van der Waals surface area contributed by atoms with Crippen molar-refractivity contribution >= 4 is 33.0 Å². The van der Waals surface area contributed by atoms with E-state index >= 15 is 0 Å². The quantitative estimate of drug-likeness (QED) is 0.516. The second-order valence-corrected chi connectivity index (χ2v) is 12.3. The van der Waals surface area contributed by atoms with E-state index in [1.54, 1.807) is 12.1 Å². The second-order valence-electron chi connectivity index (χ2n) is 10.3. The summed E-state index contributed by atoms with van der Waals surface area (Å²) in [5.41, 5.74) is 4.47. The Bertz CT molecular complexity index is 1440. The normalized spacial score (nSPS) is 18.5. The average Bonchev–Trinajstić information content (AvgIpc) is 2.92. The number of carbonyl (C=O) groups excluding carboxylic acids is 2. The number of nitrogens with zero attached hydrogens (tertiary/aromatic N) is 2. The smallest absolute Gasteiger partial charge is 0.231 e. The fourth-order valence-corrected chi connectivity index (χ4v) is 6.93. The van der Waals surface area contributed by atoms with E-state index in [2.05, 4.69) is 48.3 Å². The average molecular weight is 532 g/mol. The number of sulfone groups is 1. The van der Waals surface area contributed by atoms with Crippen LogP contribution in [-0.4, -0.2) is 56.6 Å². The highest BCUT2D eigenvalue weighted by atomic mass is 32.2. The van der Waals surface area contributed by atoms with Gasteiger partial charge in [0.05, 0.1) is 16.6 Å². The van der Waals surface area contributed by atoms with Gasteiger partial charge >= 0.3 is 0 Å². The lowest BCUT2D eigenvalue weighted by atomic mass is 9.98. The summed E-state index contributed by atoms with van der Waals surface area (Å²) >= 11 is 0. The van der Waals surface area contributed by atoms with E-state index < -0.39 is 15.8 Å². The van der Waals surface area contributed by atoms with Gasteiger partial charge in [0.2, 0.25) is 11.8 Å². The van der Waals surface area contributed by atoms with Crippen LogP contribution in [0.2, 0.25) is 0 Å². The maximum atomic E-state index is 13.9. The summed E-state index contributed by atoms with van der Waals surface area (Å²) in [7, 11) is -3.78. The van der Waals surface area contributed by atoms with Crippen LogP contribution in [0.15, 0.2) is 77.7 Å². The summed E-state index contributed by atoms with van der Waals surface area (Å²) in [5, 5.41) is 2.79. The summed E-state index contributed by atoms with van der Waals surface area (Å²) in [6.07, 6.45) is 0.823. The van der Waals surface area contributed by atoms with Crippen molar-refractivity contribution < 1.29 is 18.0 Å². The molecule has 0 radical (unpaired) electrons. The van der Waals surface area contributed by atoms with Crippen LogP contribution in [0, 0.1) is 6.92 Å². The zero-order valence-corrected chi connectivity index (χ0v) is 22.6. The third kappa shape index (κ3) is 5.45. The number of nitrogens with one attached hydrogen (secondary N) is 1. The lowest BCUT2D eigenvalue weighted by Crippen LogP contribution is -2.55. The number of anilines is 2. The van der Waals surface area contributed by atoms with E-state index in [1.165, 1.54) is 11.6 Å². The van der Waals surface area contributed by atoms with E-state index in [-0.39, 0.29) is 28.5 Å². The van der Waals surface area contributed by atoms with Crippen LogP contribution in [-0.2, 0) is 25.8 Å². The molecular weight excluding hydrogens is 498 g/mol. The van der Waals surface area contributed by atoms with Gasteiger partial charge < -0.3 is 15.1 Å². The van der Waals surface area contributed by atoms with Gasteiger partial charge in [-0.2, -0.15) is 0 Å². The fraction of sp³-hybridized carbons (Fsp3) is 0.333. The largest absolute Gasteiger partial charge is 0.365 e. The van der Waals surface area contributed by atoms with Crippen molar-refractivity contribution in [3.05, 3.63) is 89.5 Å². The van der Waals surface area contributed by atoms with Crippen molar-refractivity contribution in [3.8, 4) is 0 Å². The predicted octanol–water partition coefficient (Wildman–Crippen LogP) is 4.17. The van der Waals surface area contributed by atoms with Gasteiger partial charge in [-0.1, -0.05) is 48.0 Å². The molecule has 3 aromatic carbocycles. The first-order valence-corrected chi connectivity index (χ1v) is 14.7. The standard InChI is InChI=1S/C30H33N3O4S/c1-21-8-11-25(12-9-21)33-17-16-32(19-22(33)2)30(35)27(23-6-4-3-5-7-23)20-38(36,37)26-13-14-28-24(18-26)10-15-29(34)31-28/h3-9,11-14,18,22,27H,10,15-17,19-20H2,1-2H3,(H,31,34). The molecule has 0 bridgehead atoms. The number of benzene rings is 3. The molecule has 8 heteroatoms. The molecular formula is C30H33N3O4S. The molecule has 7 nitrogen and oxygen atoms in total. The number of rotatable bonds is 6. The summed E-state index contributed by atoms with van der Waals surface area (Å²) in [5.74, 6) is -1.36. The number of carbonyl (C=O) groups is 2. The van der Waals surface area contributed by atoms with Crippen LogP contribution in [0.1, 0.15) is 36.0 Å². The molecule has 0 spiro atoms. The Morgan fingerprint density at radius 2 is 1.74 bits per heavy atom. The molecule has 2 aliphatic rings. The highest BCUT2D eigenvalue weighted by Crippen LogP contribution is 2.30. The topological polar surface area (TPSA) is 86.8 Å². The van der Waals surface area contributed by atoms with Gasteiger partial charge in [0.25, 0.3) is 0 Å². The SMILES string of the molecule is Cc1ccc(N2CCN(C(=O)C(CS(=O)(=O)c3ccc4c(c3)CCC(=O)N4)c3ccccc3)CC2C)cc1. The molecule has 0 aromatic heterocycles. The summed E-state index contributed by atoms with van der Waals surface area (Å²) in [6, 6.07) is 22.5. The number of piperazine rings is 1. The third-order valence-electron chi connectivity index (χ3n) is 7.52. The Morgan fingerprint density at radius 1 is 1.00 bits per heavy atom. The zero-order valence-electron chi connectivity index (χ0n) is 21.8. The van der Waals surface area contributed by atoms with Crippen molar-refractivity contribution in [2.45, 2.75) is 43.5 Å². The van der Waals surface area contributed by atoms with Crippen molar-refractivity contribution in [2.75, 3.05) is 35.6 Å².